The fourth-order valence-corrected chi connectivity index (χ4v) is 1.83. The van der Waals surface area contributed by atoms with E-state index in [1.807, 2.05) is 38.6 Å². The van der Waals surface area contributed by atoms with Crippen LogP contribution in [0.5, 0.6) is 0 Å². The minimum absolute atomic E-state index is 0.0219. The van der Waals surface area contributed by atoms with Crippen molar-refractivity contribution in [2.45, 2.75) is 39.8 Å². The lowest BCUT2D eigenvalue weighted by molar-refractivity contribution is 0.147. The summed E-state index contributed by atoms with van der Waals surface area (Å²) in [5.41, 5.74) is 2.09. The standard InChI is InChI=1S/C10H15N3O.C2H6/c1-6-5-9(13(4)12-6)10-7(2)11-8(3)14-10;1-2/h5,7,10-11H,3H2,1-2,4H3;1-2H3. The van der Waals surface area contributed by atoms with Gasteiger partial charge in [0.05, 0.1) is 17.4 Å². The van der Waals surface area contributed by atoms with Crippen LogP contribution in [0.4, 0.5) is 0 Å². The van der Waals surface area contributed by atoms with Crippen LogP contribution in [0, 0.1) is 6.92 Å². The molecular weight excluding hydrogens is 202 g/mol. The molecule has 1 N–H and O–H groups in total. The van der Waals surface area contributed by atoms with E-state index < -0.39 is 0 Å². The average molecular weight is 223 g/mol. The molecule has 0 spiro atoms. The number of hydrogen-bond acceptors (Lipinski definition) is 3. The zero-order valence-electron chi connectivity index (χ0n) is 10.7. The Labute approximate surface area is 97.3 Å². The van der Waals surface area contributed by atoms with Gasteiger partial charge in [-0.3, -0.25) is 4.68 Å². The molecule has 16 heavy (non-hydrogen) atoms. The molecule has 1 aliphatic rings. The van der Waals surface area contributed by atoms with Crippen LogP contribution < -0.4 is 5.32 Å². The number of rotatable bonds is 1. The molecule has 1 fully saturated rings. The first kappa shape index (κ1) is 12.6. The Balaban J connectivity index is 0.000000606. The van der Waals surface area contributed by atoms with Crippen LogP contribution in [0.1, 0.15) is 38.3 Å². The predicted molar refractivity (Wildman–Crippen MR) is 64.9 cm³/mol. The molecule has 0 amide bonds. The zero-order chi connectivity index (χ0) is 12.3. The van der Waals surface area contributed by atoms with Gasteiger partial charge in [-0.25, -0.2) is 0 Å². The van der Waals surface area contributed by atoms with Crippen LogP contribution in [-0.2, 0) is 11.8 Å². The Morgan fingerprint density at radius 1 is 1.50 bits per heavy atom. The molecule has 2 rings (SSSR count). The molecule has 4 nitrogen and oxygen atoms in total. The van der Waals surface area contributed by atoms with Crippen molar-refractivity contribution in [2.75, 3.05) is 0 Å². The smallest absolute Gasteiger partial charge is 0.180 e. The molecule has 2 heterocycles. The lowest BCUT2D eigenvalue weighted by atomic mass is 10.1. The summed E-state index contributed by atoms with van der Waals surface area (Å²) in [5, 5.41) is 7.44. The lowest BCUT2D eigenvalue weighted by Gasteiger charge is -2.13. The second-order valence-electron chi connectivity index (χ2n) is 3.73. The minimum Gasteiger partial charge on any atom is -0.468 e. The highest BCUT2D eigenvalue weighted by molar-refractivity contribution is 5.16. The van der Waals surface area contributed by atoms with Gasteiger partial charge in [0.25, 0.3) is 0 Å². The van der Waals surface area contributed by atoms with Gasteiger partial charge in [0, 0.05) is 7.05 Å². The van der Waals surface area contributed by atoms with Crippen LogP contribution in [0.3, 0.4) is 0 Å². The van der Waals surface area contributed by atoms with E-state index in [0.717, 1.165) is 11.4 Å². The summed E-state index contributed by atoms with van der Waals surface area (Å²) in [7, 11) is 1.93. The maximum Gasteiger partial charge on any atom is 0.180 e. The normalized spacial score (nSPS) is 23.2. The van der Waals surface area contributed by atoms with Crippen molar-refractivity contribution < 1.29 is 4.74 Å². The van der Waals surface area contributed by atoms with Crippen molar-refractivity contribution in [3.8, 4) is 0 Å². The molecule has 0 saturated carbocycles. The Morgan fingerprint density at radius 3 is 2.50 bits per heavy atom. The molecule has 0 bridgehead atoms. The summed E-state index contributed by atoms with van der Waals surface area (Å²) < 4.78 is 7.45. The fraction of sp³-hybridized carbons (Fsp3) is 0.583. The number of ether oxygens (including phenoxy) is 1. The number of aryl methyl sites for hydroxylation is 2. The van der Waals surface area contributed by atoms with Gasteiger partial charge >= 0.3 is 0 Å². The third-order valence-electron chi connectivity index (χ3n) is 2.44. The highest BCUT2D eigenvalue weighted by atomic mass is 16.5. The lowest BCUT2D eigenvalue weighted by Crippen LogP contribution is -2.22. The van der Waals surface area contributed by atoms with Gasteiger partial charge in [-0.2, -0.15) is 5.10 Å². The molecular formula is C12H21N3O. The third-order valence-corrected chi connectivity index (χ3v) is 2.44. The molecule has 2 unspecified atom stereocenters. The van der Waals surface area contributed by atoms with E-state index in [2.05, 4.69) is 23.9 Å². The number of nitrogens with zero attached hydrogens (tertiary/aromatic N) is 2. The van der Waals surface area contributed by atoms with Gasteiger partial charge in [0.15, 0.2) is 12.0 Å². The predicted octanol–water partition coefficient (Wildman–Crippen LogP) is 2.28. The van der Waals surface area contributed by atoms with Crippen molar-refractivity contribution in [3.63, 3.8) is 0 Å². The Kier molecular flexibility index (Phi) is 3.99. The van der Waals surface area contributed by atoms with Gasteiger partial charge in [-0.15, -0.1) is 0 Å². The van der Waals surface area contributed by atoms with E-state index in [-0.39, 0.29) is 12.1 Å². The summed E-state index contributed by atoms with van der Waals surface area (Å²) in [4.78, 5) is 0. The summed E-state index contributed by atoms with van der Waals surface area (Å²) in [6, 6.07) is 2.29. The largest absolute Gasteiger partial charge is 0.468 e. The summed E-state index contributed by atoms with van der Waals surface area (Å²) in [6.45, 7) is 11.8. The monoisotopic (exact) mass is 223 g/mol. The van der Waals surface area contributed by atoms with Crippen LogP contribution in [-0.4, -0.2) is 15.8 Å². The van der Waals surface area contributed by atoms with Crippen molar-refractivity contribution >= 4 is 0 Å². The van der Waals surface area contributed by atoms with Crippen LogP contribution in [0.2, 0.25) is 0 Å². The van der Waals surface area contributed by atoms with Crippen molar-refractivity contribution in [3.05, 3.63) is 29.9 Å². The van der Waals surface area contributed by atoms with E-state index in [1.165, 1.54) is 0 Å². The third kappa shape index (κ3) is 2.38. The van der Waals surface area contributed by atoms with Gasteiger partial charge in [-0.1, -0.05) is 13.8 Å². The number of aromatic nitrogens is 2. The van der Waals surface area contributed by atoms with Crippen molar-refractivity contribution in [1.82, 2.24) is 15.1 Å². The average Bonchev–Trinajstić information content (AvgIpc) is 2.72. The van der Waals surface area contributed by atoms with E-state index in [4.69, 9.17) is 4.74 Å². The quantitative estimate of drug-likeness (QED) is 0.794. The fourth-order valence-electron chi connectivity index (χ4n) is 1.83. The molecule has 4 heteroatoms. The molecule has 1 aromatic rings. The summed E-state index contributed by atoms with van der Waals surface area (Å²) in [5.74, 6) is 0.640. The van der Waals surface area contributed by atoms with E-state index in [0.29, 0.717) is 5.88 Å². The van der Waals surface area contributed by atoms with Gasteiger partial charge in [0.2, 0.25) is 0 Å². The summed E-state index contributed by atoms with van der Waals surface area (Å²) >= 11 is 0. The molecule has 2 atom stereocenters. The first-order valence-corrected chi connectivity index (χ1v) is 5.70. The Hall–Kier alpha value is -1.45. The zero-order valence-corrected chi connectivity index (χ0v) is 10.7. The Morgan fingerprint density at radius 2 is 2.12 bits per heavy atom. The highest BCUT2D eigenvalue weighted by Crippen LogP contribution is 2.28. The van der Waals surface area contributed by atoms with Crippen molar-refractivity contribution in [1.29, 1.82) is 0 Å². The second kappa shape index (κ2) is 5.05. The number of hydrogen-bond donors (Lipinski definition) is 1. The number of nitrogens with one attached hydrogen (secondary N) is 1. The van der Waals surface area contributed by atoms with Crippen LogP contribution >= 0.6 is 0 Å². The molecule has 0 aromatic carbocycles. The molecule has 0 radical (unpaired) electrons. The summed E-state index contributed by atoms with van der Waals surface area (Å²) in [6.07, 6.45) is 0.0219. The van der Waals surface area contributed by atoms with Crippen LogP contribution in [0.25, 0.3) is 0 Å². The van der Waals surface area contributed by atoms with E-state index in [9.17, 15) is 0 Å². The second-order valence-corrected chi connectivity index (χ2v) is 3.73. The molecule has 1 saturated heterocycles. The van der Waals surface area contributed by atoms with Gasteiger partial charge in [0.1, 0.15) is 0 Å². The maximum atomic E-state index is 5.59. The van der Waals surface area contributed by atoms with Gasteiger partial charge in [-0.05, 0) is 26.5 Å². The first-order valence-electron chi connectivity index (χ1n) is 5.70. The van der Waals surface area contributed by atoms with Crippen molar-refractivity contribution in [2.24, 2.45) is 7.05 Å². The SMILES string of the molecule is C=C1NC(C)C(c2cc(C)nn2C)O1.CC. The maximum absolute atomic E-state index is 5.59. The van der Waals surface area contributed by atoms with E-state index >= 15 is 0 Å². The molecule has 1 aliphatic heterocycles. The molecule has 90 valence electrons. The highest BCUT2D eigenvalue weighted by Gasteiger charge is 2.30. The minimum atomic E-state index is 0.0219. The molecule has 0 aliphatic carbocycles. The molecule has 1 aromatic heterocycles. The van der Waals surface area contributed by atoms with E-state index in [1.54, 1.807) is 0 Å². The van der Waals surface area contributed by atoms with Gasteiger partial charge < -0.3 is 10.1 Å². The van der Waals surface area contributed by atoms with Crippen LogP contribution in [0.15, 0.2) is 18.5 Å². The Bertz CT molecular complexity index is 370. The first-order chi connectivity index (χ1) is 7.58. The topological polar surface area (TPSA) is 39.1 Å².